The first-order chi connectivity index (χ1) is 13.5. The molecule has 28 heavy (non-hydrogen) atoms. The summed E-state index contributed by atoms with van der Waals surface area (Å²) >= 11 is 0. The van der Waals surface area contributed by atoms with Crippen molar-refractivity contribution in [3.8, 4) is 0 Å². The number of fused-ring (bicyclic) bond motifs is 2. The van der Waals surface area contributed by atoms with Crippen molar-refractivity contribution >= 4 is 23.5 Å². The zero-order chi connectivity index (χ0) is 19.7. The molecule has 0 spiro atoms. The van der Waals surface area contributed by atoms with Crippen LogP contribution >= 0.6 is 0 Å². The molecule has 0 bridgehead atoms. The Kier molecular flexibility index (Phi) is 4.86. The van der Waals surface area contributed by atoms with Crippen molar-refractivity contribution < 1.29 is 19.5 Å². The molecule has 2 amide bonds. The van der Waals surface area contributed by atoms with Gasteiger partial charge in [-0.25, -0.2) is 4.79 Å². The molecule has 2 heterocycles. The van der Waals surface area contributed by atoms with E-state index in [-0.39, 0.29) is 24.2 Å². The van der Waals surface area contributed by atoms with Crippen molar-refractivity contribution in [1.82, 2.24) is 4.90 Å². The van der Waals surface area contributed by atoms with Gasteiger partial charge in [-0.2, -0.15) is 0 Å². The van der Waals surface area contributed by atoms with Gasteiger partial charge in [-0.05, 0) is 35.6 Å². The van der Waals surface area contributed by atoms with Crippen molar-refractivity contribution in [3.05, 3.63) is 65.2 Å². The highest BCUT2D eigenvalue weighted by molar-refractivity contribution is 5.96. The number of carbonyl (C=O) groups is 3. The van der Waals surface area contributed by atoms with Crippen LogP contribution in [0.5, 0.6) is 0 Å². The molecule has 0 saturated carbocycles. The Balaban J connectivity index is 1.44. The Labute approximate surface area is 163 Å². The number of benzene rings is 2. The van der Waals surface area contributed by atoms with E-state index in [0.717, 1.165) is 22.4 Å². The lowest BCUT2D eigenvalue weighted by Gasteiger charge is -2.35. The van der Waals surface area contributed by atoms with Gasteiger partial charge in [0, 0.05) is 31.0 Å². The van der Waals surface area contributed by atoms with E-state index in [9.17, 15) is 19.5 Å². The maximum absolute atomic E-state index is 12.8. The van der Waals surface area contributed by atoms with Crippen molar-refractivity contribution in [1.29, 1.82) is 0 Å². The van der Waals surface area contributed by atoms with Crippen LogP contribution in [-0.2, 0) is 33.8 Å². The van der Waals surface area contributed by atoms with Gasteiger partial charge >= 0.3 is 5.97 Å². The van der Waals surface area contributed by atoms with E-state index >= 15 is 0 Å². The predicted octanol–water partition coefficient (Wildman–Crippen LogP) is 2.62. The third-order valence-corrected chi connectivity index (χ3v) is 5.67. The van der Waals surface area contributed by atoms with E-state index in [2.05, 4.69) is 5.32 Å². The van der Waals surface area contributed by atoms with E-state index < -0.39 is 12.0 Å². The number of nitrogens with one attached hydrogen (secondary N) is 1. The number of rotatable bonds is 4. The fourth-order valence-electron chi connectivity index (χ4n) is 4.09. The molecule has 2 aliphatic rings. The van der Waals surface area contributed by atoms with Crippen LogP contribution in [0.1, 0.15) is 29.5 Å². The molecule has 0 aromatic heterocycles. The number of carboxylic acid groups (broad SMARTS) is 1. The molecule has 2 aliphatic heterocycles. The lowest BCUT2D eigenvalue weighted by atomic mass is 9.89. The Hall–Kier alpha value is -3.15. The molecule has 2 N–H and O–H groups in total. The second kappa shape index (κ2) is 7.46. The molecule has 4 rings (SSSR count). The summed E-state index contributed by atoms with van der Waals surface area (Å²) in [6.45, 7) is 0.297. The number of hydrogen-bond donors (Lipinski definition) is 2. The first-order valence-corrected chi connectivity index (χ1v) is 9.51. The van der Waals surface area contributed by atoms with Gasteiger partial charge in [-0.15, -0.1) is 0 Å². The third kappa shape index (κ3) is 3.50. The number of anilines is 1. The molecule has 2 atom stereocenters. The maximum atomic E-state index is 12.8. The van der Waals surface area contributed by atoms with Crippen molar-refractivity contribution in [2.24, 2.45) is 5.92 Å². The third-order valence-electron chi connectivity index (χ3n) is 5.67. The fraction of sp³-hybridized carbons (Fsp3) is 0.318. The van der Waals surface area contributed by atoms with Gasteiger partial charge in [0.1, 0.15) is 6.04 Å². The van der Waals surface area contributed by atoms with Crippen LogP contribution in [-0.4, -0.2) is 33.8 Å². The monoisotopic (exact) mass is 378 g/mol. The van der Waals surface area contributed by atoms with Crippen LogP contribution in [0, 0.1) is 5.92 Å². The van der Waals surface area contributed by atoms with Gasteiger partial charge in [0.05, 0.1) is 0 Å². The molecule has 6 nitrogen and oxygen atoms in total. The van der Waals surface area contributed by atoms with Crippen LogP contribution in [0.4, 0.5) is 5.69 Å². The zero-order valence-electron chi connectivity index (χ0n) is 15.4. The van der Waals surface area contributed by atoms with E-state index in [1.807, 2.05) is 48.5 Å². The standard InChI is InChI=1S/C22H22N2O4/c25-20(10-9-16-11-15-6-3-4-8-18(15)23-21(16)26)24-13-17-7-2-1-5-14(17)12-19(24)22(27)28/h1-8,16,19H,9-13H2,(H,23,26)(H,27,28)/t16-,19+/m1/s1. The van der Waals surface area contributed by atoms with Crippen LogP contribution in [0.2, 0.25) is 0 Å². The summed E-state index contributed by atoms with van der Waals surface area (Å²) in [5.74, 6) is -1.56. The van der Waals surface area contributed by atoms with E-state index in [1.54, 1.807) is 0 Å². The van der Waals surface area contributed by atoms with Crippen LogP contribution in [0.3, 0.4) is 0 Å². The van der Waals surface area contributed by atoms with Gasteiger partial charge in [-0.1, -0.05) is 42.5 Å². The highest BCUT2D eigenvalue weighted by atomic mass is 16.4. The molecular weight excluding hydrogens is 356 g/mol. The first kappa shape index (κ1) is 18.2. The summed E-state index contributed by atoms with van der Waals surface area (Å²) in [5.41, 5.74) is 3.85. The summed E-state index contributed by atoms with van der Waals surface area (Å²) < 4.78 is 0. The number of aliphatic carboxylic acids is 1. The number of carbonyl (C=O) groups excluding carboxylic acids is 2. The molecule has 2 aromatic rings. The molecular formula is C22H22N2O4. The molecule has 0 saturated heterocycles. The number of para-hydroxylation sites is 1. The highest BCUT2D eigenvalue weighted by Crippen LogP contribution is 2.29. The summed E-state index contributed by atoms with van der Waals surface area (Å²) in [4.78, 5) is 38.4. The molecule has 0 aliphatic carbocycles. The van der Waals surface area contributed by atoms with Gasteiger partial charge < -0.3 is 15.3 Å². The lowest BCUT2D eigenvalue weighted by molar-refractivity contribution is -0.151. The SMILES string of the molecule is O=C1Nc2ccccc2C[C@H]1CCC(=O)N1Cc2ccccc2C[C@H]1C(=O)O. The molecule has 6 heteroatoms. The minimum atomic E-state index is -0.993. The summed E-state index contributed by atoms with van der Waals surface area (Å²) in [6, 6.07) is 14.4. The Bertz CT molecular complexity index is 940. The molecule has 144 valence electrons. The van der Waals surface area contributed by atoms with Gasteiger partial charge in [-0.3, -0.25) is 9.59 Å². The van der Waals surface area contributed by atoms with Gasteiger partial charge in [0.25, 0.3) is 0 Å². The second-order valence-corrected chi connectivity index (χ2v) is 7.43. The average molecular weight is 378 g/mol. The van der Waals surface area contributed by atoms with Gasteiger partial charge in [0.2, 0.25) is 11.8 Å². The summed E-state index contributed by atoms with van der Waals surface area (Å²) in [6.07, 6.45) is 1.48. The summed E-state index contributed by atoms with van der Waals surface area (Å²) in [7, 11) is 0. The Morgan fingerprint density at radius 2 is 1.68 bits per heavy atom. The first-order valence-electron chi connectivity index (χ1n) is 9.51. The smallest absolute Gasteiger partial charge is 0.326 e. The minimum absolute atomic E-state index is 0.0784. The van der Waals surface area contributed by atoms with Gasteiger partial charge in [0.15, 0.2) is 0 Å². The zero-order valence-corrected chi connectivity index (χ0v) is 15.4. The van der Waals surface area contributed by atoms with E-state index in [1.165, 1.54) is 4.90 Å². The number of nitrogens with zero attached hydrogens (tertiary/aromatic N) is 1. The number of hydrogen-bond acceptors (Lipinski definition) is 3. The average Bonchev–Trinajstić information content (AvgIpc) is 2.70. The van der Waals surface area contributed by atoms with Crippen LogP contribution in [0.25, 0.3) is 0 Å². The topological polar surface area (TPSA) is 86.7 Å². The molecule has 0 unspecified atom stereocenters. The lowest BCUT2D eigenvalue weighted by Crippen LogP contribution is -2.48. The maximum Gasteiger partial charge on any atom is 0.326 e. The number of amides is 2. The largest absolute Gasteiger partial charge is 0.480 e. The molecule has 0 radical (unpaired) electrons. The highest BCUT2D eigenvalue weighted by Gasteiger charge is 2.35. The Morgan fingerprint density at radius 1 is 1.00 bits per heavy atom. The fourth-order valence-corrected chi connectivity index (χ4v) is 4.09. The summed E-state index contributed by atoms with van der Waals surface area (Å²) in [5, 5.41) is 12.5. The van der Waals surface area contributed by atoms with Crippen molar-refractivity contribution in [3.63, 3.8) is 0 Å². The van der Waals surface area contributed by atoms with Crippen molar-refractivity contribution in [2.75, 3.05) is 5.32 Å². The van der Waals surface area contributed by atoms with Crippen LogP contribution < -0.4 is 5.32 Å². The molecule has 0 fully saturated rings. The molecule has 2 aromatic carbocycles. The van der Waals surface area contributed by atoms with E-state index in [4.69, 9.17) is 0 Å². The number of carboxylic acids is 1. The van der Waals surface area contributed by atoms with Crippen molar-refractivity contribution in [2.45, 2.75) is 38.3 Å². The quantitative estimate of drug-likeness (QED) is 0.856. The second-order valence-electron chi connectivity index (χ2n) is 7.43. The van der Waals surface area contributed by atoms with E-state index in [0.29, 0.717) is 25.8 Å². The minimum Gasteiger partial charge on any atom is -0.480 e. The predicted molar refractivity (Wildman–Crippen MR) is 104 cm³/mol. The van der Waals surface area contributed by atoms with Crippen LogP contribution in [0.15, 0.2) is 48.5 Å². The Morgan fingerprint density at radius 3 is 2.43 bits per heavy atom. The normalized spacial score (nSPS) is 20.7.